The summed E-state index contributed by atoms with van der Waals surface area (Å²) in [5.74, 6) is 0. The quantitative estimate of drug-likeness (QED) is 0.902. The summed E-state index contributed by atoms with van der Waals surface area (Å²) in [5.41, 5.74) is 1.32. The van der Waals surface area contributed by atoms with Crippen LogP contribution in [0.2, 0.25) is 4.34 Å². The second kappa shape index (κ2) is 6.38. The molecule has 1 aromatic rings. The molecule has 2 nitrogen and oxygen atoms in total. The fourth-order valence-electron chi connectivity index (χ4n) is 2.58. The normalized spacial score (nSPS) is 20.5. The van der Waals surface area contributed by atoms with Gasteiger partial charge in [-0.25, -0.2) is 0 Å². The summed E-state index contributed by atoms with van der Waals surface area (Å²) in [6.45, 7) is 9.22. The molecule has 1 aromatic heterocycles. The van der Waals surface area contributed by atoms with Crippen LogP contribution in [0.5, 0.6) is 0 Å². The van der Waals surface area contributed by atoms with E-state index in [9.17, 15) is 0 Å². The maximum atomic E-state index is 5.99. The molecule has 0 aromatic carbocycles. The van der Waals surface area contributed by atoms with Crippen molar-refractivity contribution in [3.63, 3.8) is 0 Å². The van der Waals surface area contributed by atoms with E-state index >= 15 is 0 Å². The molecule has 0 radical (unpaired) electrons. The number of halogens is 1. The van der Waals surface area contributed by atoms with E-state index in [2.05, 4.69) is 42.4 Å². The van der Waals surface area contributed by atoms with Gasteiger partial charge >= 0.3 is 0 Å². The molecule has 0 bridgehead atoms. The summed E-state index contributed by atoms with van der Waals surface area (Å²) in [6.07, 6.45) is 2.50. The van der Waals surface area contributed by atoms with Gasteiger partial charge in [-0.15, -0.1) is 11.3 Å². The Morgan fingerprint density at radius 1 is 1.33 bits per heavy atom. The Morgan fingerprint density at radius 3 is 2.50 bits per heavy atom. The van der Waals surface area contributed by atoms with Gasteiger partial charge in [-0.2, -0.15) is 0 Å². The molecule has 2 rings (SSSR count). The van der Waals surface area contributed by atoms with Gasteiger partial charge in [-0.05, 0) is 63.7 Å². The Labute approximate surface area is 119 Å². The first-order valence-electron chi connectivity index (χ1n) is 6.80. The number of rotatable bonds is 4. The largest absolute Gasteiger partial charge is 0.307 e. The maximum Gasteiger partial charge on any atom is 0.0931 e. The Bertz CT molecular complexity index is 370. The van der Waals surface area contributed by atoms with Gasteiger partial charge in [0.15, 0.2) is 0 Å². The van der Waals surface area contributed by atoms with Gasteiger partial charge in [0, 0.05) is 18.1 Å². The van der Waals surface area contributed by atoms with E-state index < -0.39 is 0 Å². The van der Waals surface area contributed by atoms with Crippen LogP contribution in [0, 0.1) is 0 Å². The molecule has 2 heterocycles. The van der Waals surface area contributed by atoms with Crippen LogP contribution in [-0.4, -0.2) is 30.1 Å². The number of piperidine rings is 1. The van der Waals surface area contributed by atoms with Gasteiger partial charge in [0.2, 0.25) is 0 Å². The molecular weight excluding hydrogens is 264 g/mol. The van der Waals surface area contributed by atoms with Gasteiger partial charge in [0.1, 0.15) is 0 Å². The number of hydrogen-bond acceptors (Lipinski definition) is 3. The smallest absolute Gasteiger partial charge is 0.0931 e. The van der Waals surface area contributed by atoms with E-state index in [1.165, 1.54) is 31.5 Å². The molecule has 0 amide bonds. The van der Waals surface area contributed by atoms with Gasteiger partial charge in [0.05, 0.1) is 4.34 Å². The predicted octanol–water partition coefficient (Wildman–Crippen LogP) is 3.92. The maximum absolute atomic E-state index is 5.99. The van der Waals surface area contributed by atoms with Crippen LogP contribution >= 0.6 is 22.9 Å². The molecule has 1 saturated heterocycles. The molecule has 102 valence electrons. The highest BCUT2D eigenvalue weighted by Crippen LogP contribution is 2.26. The van der Waals surface area contributed by atoms with E-state index in [0.717, 1.165) is 4.34 Å². The number of nitrogens with zero attached hydrogens (tertiary/aromatic N) is 1. The van der Waals surface area contributed by atoms with E-state index in [4.69, 9.17) is 11.6 Å². The van der Waals surface area contributed by atoms with Crippen LogP contribution < -0.4 is 5.32 Å². The number of likely N-dealkylation sites (tertiary alicyclic amines) is 1. The van der Waals surface area contributed by atoms with Crippen LogP contribution in [-0.2, 0) is 0 Å². The van der Waals surface area contributed by atoms with Crippen LogP contribution in [0.15, 0.2) is 11.4 Å². The standard InChI is InChI=1S/C14H23ClN2S/c1-10(2)17-6-4-13(5-7-17)16-11(3)12-8-14(15)18-9-12/h8-11,13,16H,4-7H2,1-3H3. The molecule has 1 aliphatic rings. The summed E-state index contributed by atoms with van der Waals surface area (Å²) in [7, 11) is 0. The van der Waals surface area contributed by atoms with Crippen LogP contribution in [0.4, 0.5) is 0 Å². The monoisotopic (exact) mass is 286 g/mol. The Balaban J connectivity index is 1.81. The first kappa shape index (κ1) is 14.3. The second-order valence-corrected chi connectivity index (χ2v) is 7.02. The van der Waals surface area contributed by atoms with Gasteiger partial charge in [0.25, 0.3) is 0 Å². The first-order valence-corrected chi connectivity index (χ1v) is 8.06. The molecule has 18 heavy (non-hydrogen) atoms. The van der Waals surface area contributed by atoms with Crippen molar-refractivity contribution in [2.45, 2.75) is 51.7 Å². The molecule has 1 unspecified atom stereocenters. The van der Waals surface area contributed by atoms with Crippen molar-refractivity contribution >= 4 is 22.9 Å². The lowest BCUT2D eigenvalue weighted by atomic mass is 10.0. The fraction of sp³-hybridized carbons (Fsp3) is 0.714. The summed E-state index contributed by atoms with van der Waals surface area (Å²) >= 11 is 7.60. The number of thiophene rings is 1. The zero-order chi connectivity index (χ0) is 13.1. The zero-order valence-electron chi connectivity index (χ0n) is 11.4. The third-order valence-corrected chi connectivity index (χ3v) is 4.94. The van der Waals surface area contributed by atoms with Crippen molar-refractivity contribution in [3.05, 3.63) is 21.3 Å². The second-order valence-electron chi connectivity index (χ2n) is 5.48. The lowest BCUT2D eigenvalue weighted by molar-refractivity contribution is 0.157. The lowest BCUT2D eigenvalue weighted by Gasteiger charge is -2.36. The lowest BCUT2D eigenvalue weighted by Crippen LogP contribution is -2.45. The molecule has 1 fully saturated rings. The van der Waals surface area contributed by atoms with Gasteiger partial charge in [-0.1, -0.05) is 11.6 Å². The van der Waals surface area contributed by atoms with Crippen molar-refractivity contribution in [1.82, 2.24) is 10.2 Å². The van der Waals surface area contributed by atoms with E-state index in [1.807, 2.05) is 0 Å². The van der Waals surface area contributed by atoms with Crippen molar-refractivity contribution in [2.24, 2.45) is 0 Å². The van der Waals surface area contributed by atoms with Crippen molar-refractivity contribution < 1.29 is 0 Å². The third-order valence-electron chi connectivity index (χ3n) is 3.83. The topological polar surface area (TPSA) is 15.3 Å². The average Bonchev–Trinajstić information content (AvgIpc) is 2.76. The highest BCUT2D eigenvalue weighted by atomic mass is 35.5. The highest BCUT2D eigenvalue weighted by molar-refractivity contribution is 7.14. The van der Waals surface area contributed by atoms with Crippen molar-refractivity contribution in [3.8, 4) is 0 Å². The van der Waals surface area contributed by atoms with Crippen LogP contribution in [0.3, 0.4) is 0 Å². The van der Waals surface area contributed by atoms with E-state index in [1.54, 1.807) is 11.3 Å². The molecular formula is C14H23ClN2S. The average molecular weight is 287 g/mol. The molecule has 1 aliphatic heterocycles. The summed E-state index contributed by atoms with van der Waals surface area (Å²) in [5, 5.41) is 5.89. The zero-order valence-corrected chi connectivity index (χ0v) is 13.0. The molecule has 4 heteroatoms. The Kier molecular flexibility index (Phi) is 5.07. The molecule has 0 saturated carbocycles. The van der Waals surface area contributed by atoms with Crippen molar-refractivity contribution in [2.75, 3.05) is 13.1 Å². The minimum atomic E-state index is 0.407. The minimum Gasteiger partial charge on any atom is -0.307 e. The Morgan fingerprint density at radius 2 is 2.00 bits per heavy atom. The molecule has 0 aliphatic carbocycles. The highest BCUT2D eigenvalue weighted by Gasteiger charge is 2.22. The molecule has 1 atom stereocenters. The summed E-state index contributed by atoms with van der Waals surface area (Å²) < 4.78 is 0.883. The SMILES string of the molecule is CC(NC1CCN(C(C)C)CC1)c1csc(Cl)c1. The Hall–Kier alpha value is -0.0900. The van der Waals surface area contributed by atoms with E-state index in [0.29, 0.717) is 18.1 Å². The summed E-state index contributed by atoms with van der Waals surface area (Å²) in [6, 6.07) is 3.81. The first-order chi connectivity index (χ1) is 8.56. The van der Waals surface area contributed by atoms with Crippen LogP contribution in [0.1, 0.15) is 45.2 Å². The number of nitrogens with one attached hydrogen (secondary N) is 1. The van der Waals surface area contributed by atoms with E-state index in [-0.39, 0.29) is 0 Å². The fourth-order valence-corrected chi connectivity index (χ4v) is 3.57. The predicted molar refractivity (Wildman–Crippen MR) is 80.6 cm³/mol. The van der Waals surface area contributed by atoms with Crippen LogP contribution in [0.25, 0.3) is 0 Å². The van der Waals surface area contributed by atoms with Gasteiger partial charge in [-0.3, -0.25) is 0 Å². The van der Waals surface area contributed by atoms with Crippen molar-refractivity contribution in [1.29, 1.82) is 0 Å². The minimum absolute atomic E-state index is 0.407. The molecule has 0 spiro atoms. The van der Waals surface area contributed by atoms with Gasteiger partial charge < -0.3 is 10.2 Å². The summed E-state index contributed by atoms with van der Waals surface area (Å²) in [4.78, 5) is 2.56. The third kappa shape index (κ3) is 3.70. The molecule has 1 N–H and O–H groups in total. The number of hydrogen-bond donors (Lipinski definition) is 1.